The lowest BCUT2D eigenvalue weighted by atomic mass is 10.4. The molecule has 0 N–H and O–H groups in total. The minimum Gasteiger partial charge on any atom is -0.122 e. The van der Waals surface area contributed by atoms with Crippen LogP contribution in [-0.2, 0) is 0 Å². The summed E-state index contributed by atoms with van der Waals surface area (Å²) in [4.78, 5) is 0. The van der Waals surface area contributed by atoms with Gasteiger partial charge in [-0.2, -0.15) is 0 Å². The van der Waals surface area contributed by atoms with E-state index in [-0.39, 0.29) is 0 Å². The van der Waals surface area contributed by atoms with Crippen LogP contribution >= 0.6 is 27.5 Å². The van der Waals surface area contributed by atoms with Crippen LogP contribution in [0.3, 0.4) is 0 Å². The van der Waals surface area contributed by atoms with Crippen molar-refractivity contribution in [2.75, 3.05) is 5.88 Å². The molecule has 0 rings (SSSR count). The third kappa shape index (κ3) is 5.68. The van der Waals surface area contributed by atoms with E-state index in [1.807, 2.05) is 6.08 Å². The molecule has 0 fully saturated rings. The molecule has 0 aromatic heterocycles. The van der Waals surface area contributed by atoms with Gasteiger partial charge in [0.1, 0.15) is 0 Å². The quantitative estimate of drug-likeness (QED) is 0.369. The number of hydrogen-bond donors (Lipinski definition) is 0. The second-order valence-corrected chi connectivity index (χ2v) is 2.47. The van der Waals surface area contributed by atoms with Crippen LogP contribution in [0.15, 0.2) is 22.7 Å². The Morgan fingerprint density at radius 2 is 2.44 bits per heavy atom. The van der Waals surface area contributed by atoms with Crippen LogP contribution in [0.2, 0.25) is 0 Å². The van der Waals surface area contributed by atoms with Crippen LogP contribution in [0.5, 0.6) is 0 Å². The van der Waals surface area contributed by atoms with Crippen LogP contribution in [0.4, 0.5) is 0 Å². The largest absolute Gasteiger partial charge is 0.122 e. The van der Waals surface area contributed by atoms with Gasteiger partial charge >= 0.3 is 0 Å². The molecule has 0 atom stereocenters. The van der Waals surface area contributed by atoms with Crippen molar-refractivity contribution in [2.45, 2.75) is 0 Å². The third-order valence-electron chi connectivity index (χ3n) is 0.611. The van der Waals surface area contributed by atoms with E-state index in [0.717, 1.165) is 4.48 Å². The van der Waals surface area contributed by atoms with E-state index in [1.165, 1.54) is 0 Å². The Balaban J connectivity index is 3.78. The Morgan fingerprint density at radius 3 is 2.89 bits per heavy atom. The molecule has 0 aromatic carbocycles. The molecule has 9 heavy (non-hydrogen) atoms. The molecule has 0 aliphatic rings. The summed E-state index contributed by atoms with van der Waals surface area (Å²) in [5.41, 5.74) is 0. The zero-order chi connectivity index (χ0) is 7.11. The van der Waals surface area contributed by atoms with Crippen molar-refractivity contribution in [2.24, 2.45) is 0 Å². The average Bonchev–Trinajstić information content (AvgIpc) is 1.85. The van der Waals surface area contributed by atoms with Crippen LogP contribution in [-0.4, -0.2) is 5.88 Å². The summed E-state index contributed by atoms with van der Waals surface area (Å²) >= 11 is 8.62. The standard InChI is InChI=1S/C7H6BrCl/c1-2-3-4-7(8)5-6-9/h1,3-5H,6H2/b4-3-,7-5+. The molecule has 0 spiro atoms. The van der Waals surface area contributed by atoms with E-state index in [2.05, 4.69) is 21.9 Å². The number of halogens is 2. The maximum atomic E-state index is 5.38. The molecule has 0 aliphatic carbocycles. The fourth-order valence-electron chi connectivity index (χ4n) is 0.269. The van der Waals surface area contributed by atoms with Crippen molar-refractivity contribution >= 4 is 27.5 Å². The highest BCUT2D eigenvalue weighted by atomic mass is 79.9. The Hall–Kier alpha value is -0.190. The number of rotatable bonds is 2. The van der Waals surface area contributed by atoms with E-state index in [9.17, 15) is 0 Å². The van der Waals surface area contributed by atoms with Gasteiger partial charge < -0.3 is 0 Å². The molecular formula is C7H6BrCl. The van der Waals surface area contributed by atoms with Gasteiger partial charge in [0.2, 0.25) is 0 Å². The molecule has 0 unspecified atom stereocenters. The molecule has 0 radical (unpaired) electrons. The Bertz CT molecular complexity index is 162. The fraction of sp³-hybridized carbons (Fsp3) is 0.143. The number of allylic oxidation sites excluding steroid dienone is 4. The summed E-state index contributed by atoms with van der Waals surface area (Å²) in [6, 6.07) is 0. The van der Waals surface area contributed by atoms with Crippen molar-refractivity contribution in [1.29, 1.82) is 0 Å². The third-order valence-corrected chi connectivity index (χ3v) is 1.35. The normalized spacial score (nSPS) is 11.9. The summed E-state index contributed by atoms with van der Waals surface area (Å²) in [6.45, 7) is 0. The van der Waals surface area contributed by atoms with Crippen molar-refractivity contribution in [3.63, 3.8) is 0 Å². The van der Waals surface area contributed by atoms with Gasteiger partial charge in [-0.1, -0.05) is 27.9 Å². The summed E-state index contributed by atoms with van der Waals surface area (Å²) in [6.07, 6.45) is 10.1. The first-order valence-corrected chi connectivity index (χ1v) is 3.68. The van der Waals surface area contributed by atoms with Crippen LogP contribution in [0.25, 0.3) is 0 Å². The smallest absolute Gasteiger partial charge is 0.0417 e. The predicted octanol–water partition coefficient (Wildman–Crippen LogP) is 2.69. The molecule has 0 aliphatic heterocycles. The maximum absolute atomic E-state index is 5.38. The van der Waals surface area contributed by atoms with Crippen LogP contribution < -0.4 is 0 Å². The first kappa shape index (κ1) is 8.81. The van der Waals surface area contributed by atoms with Gasteiger partial charge in [-0.05, 0) is 12.2 Å². The highest BCUT2D eigenvalue weighted by Crippen LogP contribution is 2.05. The molecule has 0 nitrogen and oxygen atoms in total. The molecular weight excluding hydrogens is 199 g/mol. The molecule has 0 aromatic rings. The van der Waals surface area contributed by atoms with Gasteiger partial charge in [-0.3, -0.25) is 0 Å². The highest BCUT2D eigenvalue weighted by Gasteiger charge is 1.78. The average molecular weight is 205 g/mol. The highest BCUT2D eigenvalue weighted by molar-refractivity contribution is 9.11. The van der Waals surface area contributed by atoms with E-state index < -0.39 is 0 Å². The van der Waals surface area contributed by atoms with E-state index in [0.29, 0.717) is 5.88 Å². The molecule has 0 amide bonds. The van der Waals surface area contributed by atoms with E-state index >= 15 is 0 Å². The lowest BCUT2D eigenvalue weighted by Gasteiger charge is -1.81. The van der Waals surface area contributed by atoms with Gasteiger partial charge in [-0.25, -0.2) is 0 Å². The summed E-state index contributed by atoms with van der Waals surface area (Å²) < 4.78 is 0.912. The summed E-state index contributed by atoms with van der Waals surface area (Å²) in [5, 5.41) is 0. The second-order valence-electron chi connectivity index (χ2n) is 1.24. The molecule has 48 valence electrons. The minimum absolute atomic E-state index is 0.496. The SMILES string of the molecule is C#C/C=C\C(Br)=C/CCl. The van der Waals surface area contributed by atoms with Gasteiger partial charge in [0.15, 0.2) is 0 Å². The van der Waals surface area contributed by atoms with E-state index in [1.54, 1.807) is 12.2 Å². The van der Waals surface area contributed by atoms with Gasteiger partial charge in [0.25, 0.3) is 0 Å². The first-order valence-electron chi connectivity index (χ1n) is 2.35. The lowest BCUT2D eigenvalue weighted by molar-refractivity contribution is 1.72. The zero-order valence-corrected chi connectivity index (χ0v) is 7.11. The number of terminal acetylenes is 1. The lowest BCUT2D eigenvalue weighted by Crippen LogP contribution is -1.63. The van der Waals surface area contributed by atoms with E-state index in [4.69, 9.17) is 18.0 Å². The minimum atomic E-state index is 0.496. The zero-order valence-electron chi connectivity index (χ0n) is 4.77. The second kappa shape index (κ2) is 5.94. The molecule has 0 saturated heterocycles. The molecule has 0 bridgehead atoms. The van der Waals surface area contributed by atoms with Crippen molar-refractivity contribution in [3.8, 4) is 12.3 Å². The maximum Gasteiger partial charge on any atom is 0.0417 e. The molecule has 2 heteroatoms. The summed E-state index contributed by atoms with van der Waals surface area (Å²) in [7, 11) is 0. The van der Waals surface area contributed by atoms with Crippen LogP contribution in [0, 0.1) is 12.3 Å². The van der Waals surface area contributed by atoms with Gasteiger partial charge in [-0.15, -0.1) is 18.0 Å². The van der Waals surface area contributed by atoms with Crippen LogP contribution in [0.1, 0.15) is 0 Å². The summed E-state index contributed by atoms with van der Waals surface area (Å²) in [5.74, 6) is 2.86. The fourth-order valence-corrected chi connectivity index (χ4v) is 0.916. The Morgan fingerprint density at radius 1 is 1.78 bits per heavy atom. The first-order chi connectivity index (χ1) is 4.31. The monoisotopic (exact) mass is 204 g/mol. The Kier molecular flexibility index (Phi) is 5.81. The van der Waals surface area contributed by atoms with Crippen molar-refractivity contribution in [1.82, 2.24) is 0 Å². The predicted molar refractivity (Wildman–Crippen MR) is 45.7 cm³/mol. The van der Waals surface area contributed by atoms with Crippen molar-refractivity contribution in [3.05, 3.63) is 22.7 Å². The number of alkyl halides is 1. The van der Waals surface area contributed by atoms with Gasteiger partial charge in [0.05, 0.1) is 0 Å². The van der Waals surface area contributed by atoms with Crippen molar-refractivity contribution < 1.29 is 0 Å². The number of hydrogen-bond acceptors (Lipinski definition) is 0. The van der Waals surface area contributed by atoms with Gasteiger partial charge in [0, 0.05) is 10.4 Å². The molecule has 0 saturated carbocycles. The Labute approximate surface area is 68.7 Å². The molecule has 0 heterocycles. The topological polar surface area (TPSA) is 0 Å².